The second-order valence-electron chi connectivity index (χ2n) is 13.4. The molecule has 0 aliphatic rings. The van der Waals surface area contributed by atoms with Crippen LogP contribution in [-0.2, 0) is 17.1 Å². The van der Waals surface area contributed by atoms with E-state index in [1.807, 2.05) is 143 Å². The van der Waals surface area contributed by atoms with Crippen molar-refractivity contribution in [1.29, 1.82) is 0 Å². The summed E-state index contributed by atoms with van der Waals surface area (Å²) in [7, 11) is 0. The number of halogens is 6. The zero-order valence-electron chi connectivity index (χ0n) is 33.1. The molecule has 59 heavy (non-hydrogen) atoms. The minimum absolute atomic E-state index is 0. The molecule has 0 radical (unpaired) electrons. The smallest absolute Gasteiger partial charge is 0.396 e. The third-order valence-corrected chi connectivity index (χ3v) is 10.7. The Bertz CT molecular complexity index is 2130. The van der Waals surface area contributed by atoms with Crippen molar-refractivity contribution in [3.05, 3.63) is 163 Å². The number of alkyl halides is 4. The average molecular weight is 1140 g/mol. The van der Waals surface area contributed by atoms with Crippen LogP contribution < -0.4 is 10.9 Å². The molecule has 0 aliphatic heterocycles. The van der Waals surface area contributed by atoms with Crippen molar-refractivity contribution in [3.8, 4) is 0 Å². The van der Waals surface area contributed by atoms with Crippen molar-refractivity contribution >= 4 is 116 Å². The van der Waals surface area contributed by atoms with Crippen molar-refractivity contribution in [3.63, 3.8) is 0 Å². The van der Waals surface area contributed by atoms with Crippen LogP contribution in [0, 0.1) is 48.7 Å². The monoisotopic (exact) mass is 1140 g/mol. The van der Waals surface area contributed by atoms with Crippen LogP contribution in [0.1, 0.15) is 34.2 Å². The van der Waals surface area contributed by atoms with Gasteiger partial charge in [0.05, 0.1) is 44.8 Å². The summed E-state index contributed by atoms with van der Waals surface area (Å²) in [4.78, 5) is 0. The van der Waals surface area contributed by atoms with Crippen LogP contribution in [0.4, 0.5) is 0 Å². The van der Waals surface area contributed by atoms with Gasteiger partial charge in [-0.05, 0) is 160 Å². The Morgan fingerprint density at radius 2 is 0.542 bits per heavy atom. The summed E-state index contributed by atoms with van der Waals surface area (Å²) in [5.41, 5.74) is 7.89. The van der Waals surface area contributed by atoms with E-state index in [2.05, 4.69) is 93.7 Å². The molecule has 8 aromatic rings. The molecule has 21 heteroatoms. The summed E-state index contributed by atoms with van der Waals surface area (Å²) in [6, 6.07) is 29.0. The van der Waals surface area contributed by atoms with Crippen molar-refractivity contribution in [2.24, 2.45) is 0 Å². The zero-order chi connectivity index (χ0) is 42.0. The van der Waals surface area contributed by atoms with Gasteiger partial charge >= 0.3 is 30.2 Å². The van der Waals surface area contributed by atoms with E-state index in [4.69, 9.17) is 77.0 Å². The van der Waals surface area contributed by atoms with Gasteiger partial charge in [-0.15, -0.1) is 57.3 Å². The van der Waals surface area contributed by atoms with Gasteiger partial charge in [0.1, 0.15) is 0 Å². The predicted molar refractivity (Wildman–Crippen MR) is 256 cm³/mol. The fraction of sp³-hybridized carbons (Fsp3) is 0.211. The van der Waals surface area contributed by atoms with Gasteiger partial charge in [0, 0.05) is 7.14 Å². The van der Waals surface area contributed by atoms with Crippen molar-refractivity contribution in [2.45, 2.75) is 41.5 Å². The first-order valence-electron chi connectivity index (χ1n) is 18.0. The van der Waals surface area contributed by atoms with E-state index in [-0.39, 0.29) is 27.7 Å². The maximum absolute atomic E-state index is 4.77. The van der Waals surface area contributed by atoms with Crippen molar-refractivity contribution < 1.29 is 17.1 Å². The fourth-order valence-electron chi connectivity index (χ4n) is 6.89. The standard InChI is InChI=1S/2C18H19BIN6.2CH2Cl2.Fe/c2*1-14-8-11-24(21-14)19(25-12-9-15(2)22-25,26-13-10-16(3)23-26)17-4-6-18(20)7-5-17;2*2-1-3;/h2*4-13H,1-3H3;2*1H2;/q2*-1;;;+2. The maximum Gasteiger partial charge on any atom is 2.00 e. The topological polar surface area (TPSA) is 107 Å². The first kappa shape index (κ1) is 48.6. The van der Waals surface area contributed by atoms with E-state index in [0.717, 1.165) is 45.1 Å². The second-order valence-corrected chi connectivity index (χ2v) is 17.5. The Labute approximate surface area is 402 Å². The largest absolute Gasteiger partial charge is 2.00 e. The van der Waals surface area contributed by atoms with Crippen LogP contribution in [0.15, 0.2) is 122 Å². The molecule has 8 rings (SSSR count). The van der Waals surface area contributed by atoms with Crippen LogP contribution >= 0.6 is 91.6 Å². The molecule has 6 aromatic heterocycles. The van der Waals surface area contributed by atoms with Gasteiger partial charge in [-0.3, -0.25) is 0 Å². The van der Waals surface area contributed by atoms with Crippen LogP contribution in [0.2, 0.25) is 0 Å². The fourth-order valence-corrected chi connectivity index (χ4v) is 7.61. The van der Waals surface area contributed by atoms with Gasteiger partial charge in [0.15, 0.2) is 0 Å². The van der Waals surface area contributed by atoms with Crippen molar-refractivity contribution in [1.82, 2.24) is 58.1 Å². The summed E-state index contributed by atoms with van der Waals surface area (Å²) in [5, 5.41) is 29.0. The maximum atomic E-state index is 4.77. The minimum atomic E-state index is -1.75. The first-order valence-corrected chi connectivity index (χ1v) is 22.3. The van der Waals surface area contributed by atoms with Crippen LogP contribution in [0.5, 0.6) is 0 Å². The van der Waals surface area contributed by atoms with E-state index in [0.29, 0.717) is 0 Å². The number of rotatable bonds is 8. The molecule has 310 valence electrons. The van der Waals surface area contributed by atoms with Crippen LogP contribution in [0.25, 0.3) is 0 Å². The molecule has 0 N–H and O–H groups in total. The summed E-state index contributed by atoms with van der Waals surface area (Å²) in [5.74, 6) is 0. The van der Waals surface area contributed by atoms with Crippen LogP contribution in [0.3, 0.4) is 0 Å². The minimum Gasteiger partial charge on any atom is -0.396 e. The summed E-state index contributed by atoms with van der Waals surface area (Å²) < 4.78 is 14.3. The molecule has 0 saturated heterocycles. The molecule has 0 fully saturated rings. The predicted octanol–water partition coefficient (Wildman–Crippen LogP) is 8.03. The van der Waals surface area contributed by atoms with Crippen molar-refractivity contribution in [2.75, 3.05) is 10.7 Å². The number of hydrogen-bond donors (Lipinski definition) is 0. The van der Waals surface area contributed by atoms with E-state index < -0.39 is 13.1 Å². The first-order chi connectivity index (χ1) is 27.8. The van der Waals surface area contributed by atoms with Gasteiger partial charge < -0.3 is 27.6 Å². The molecular weight excluding hydrogens is 1100 g/mol. The molecule has 0 atom stereocenters. The quantitative estimate of drug-likeness (QED) is 0.0868. The van der Waals surface area contributed by atoms with E-state index in [1.165, 1.54) is 7.14 Å². The van der Waals surface area contributed by atoms with Gasteiger partial charge in [0.2, 0.25) is 0 Å². The Hall–Kier alpha value is -3.03. The molecule has 0 bridgehead atoms. The molecule has 6 heterocycles. The molecule has 0 unspecified atom stereocenters. The van der Waals surface area contributed by atoms with Gasteiger partial charge in [-0.25, -0.2) is 30.6 Å². The van der Waals surface area contributed by atoms with Crippen LogP contribution in [-0.4, -0.2) is 81.9 Å². The molecule has 2 aromatic carbocycles. The summed E-state index contributed by atoms with van der Waals surface area (Å²) in [6.07, 6.45) is 12.0. The third kappa shape index (κ3) is 10.9. The molecule has 12 nitrogen and oxygen atoms in total. The molecular formula is C38H42B2Cl4FeI2N12. The number of aryl methyl sites for hydroxylation is 6. The molecule has 0 saturated carbocycles. The van der Waals surface area contributed by atoms with Gasteiger partial charge in [0.25, 0.3) is 0 Å². The Morgan fingerprint density at radius 1 is 0.373 bits per heavy atom. The number of benzene rings is 2. The van der Waals surface area contributed by atoms with E-state index in [9.17, 15) is 0 Å². The van der Waals surface area contributed by atoms with Gasteiger partial charge in [-0.1, -0.05) is 48.5 Å². The number of aromatic nitrogens is 12. The number of hydrogen-bond acceptors (Lipinski definition) is 6. The zero-order valence-corrected chi connectivity index (χ0v) is 41.5. The SMILES string of the molecule is Cc1ccn([B-](c2ccc(I)cc2)(n2ccc(C)n2)n2ccc(C)n2)n1.Cc1ccn([B-](c2ccc(I)cc2)(n2ccc(C)n2)n2ccc(C)n2)n1.ClCCl.ClCCl.[Fe+2]. The molecule has 0 aliphatic carbocycles. The number of nitrogens with zero attached hydrogens (tertiary/aromatic N) is 12. The Balaban J connectivity index is 0.000000227. The normalized spacial score (nSPS) is 11.1. The average Bonchev–Trinajstić information content (AvgIpc) is 4.06. The Morgan fingerprint density at radius 3 is 0.678 bits per heavy atom. The Kier molecular flexibility index (Phi) is 18.3. The molecule has 0 spiro atoms. The third-order valence-electron chi connectivity index (χ3n) is 9.30. The molecule has 0 amide bonds. The summed E-state index contributed by atoms with van der Waals surface area (Å²) >= 11 is 23.7. The van der Waals surface area contributed by atoms with Gasteiger partial charge in [-0.2, -0.15) is 0 Å². The second kappa shape index (κ2) is 22.2. The summed E-state index contributed by atoms with van der Waals surface area (Å²) in [6.45, 7) is 8.46. The van der Waals surface area contributed by atoms with E-state index in [1.54, 1.807) is 0 Å². The van der Waals surface area contributed by atoms with E-state index >= 15 is 0 Å².